The van der Waals surface area contributed by atoms with E-state index in [1.165, 1.54) is 6.92 Å². The van der Waals surface area contributed by atoms with Gasteiger partial charge in [-0.05, 0) is 12.1 Å². The summed E-state index contributed by atoms with van der Waals surface area (Å²) in [6, 6.07) is 5.60. The summed E-state index contributed by atoms with van der Waals surface area (Å²) in [6.45, 7) is 0.991. The van der Waals surface area contributed by atoms with Gasteiger partial charge in [0.2, 0.25) is 0 Å². The van der Waals surface area contributed by atoms with Gasteiger partial charge in [0.25, 0.3) is 17.4 Å². The number of benzene rings is 1. The zero-order valence-electron chi connectivity index (χ0n) is 15.7. The third kappa shape index (κ3) is 3.33. The maximum absolute atomic E-state index is 12.9. The van der Waals surface area contributed by atoms with Crippen LogP contribution in [0.15, 0.2) is 40.1 Å². The third-order valence-corrected chi connectivity index (χ3v) is 5.32. The number of aromatic nitrogens is 2. The number of imide groups is 1. The Morgan fingerprint density at radius 2 is 1.83 bits per heavy atom. The molecule has 0 aliphatic carbocycles. The maximum atomic E-state index is 12.9. The second-order valence-electron chi connectivity index (χ2n) is 6.90. The van der Waals surface area contributed by atoms with Crippen LogP contribution in [-0.4, -0.2) is 51.0 Å². The number of ether oxygens (including phenoxy) is 2. The Hall–Kier alpha value is -3.24. The fourth-order valence-electron chi connectivity index (χ4n) is 3.69. The zero-order valence-corrected chi connectivity index (χ0v) is 16.4. The van der Waals surface area contributed by atoms with Crippen molar-refractivity contribution in [2.24, 2.45) is 0 Å². The molecule has 2 aromatic rings. The van der Waals surface area contributed by atoms with E-state index < -0.39 is 47.4 Å². The summed E-state index contributed by atoms with van der Waals surface area (Å²) in [4.78, 5) is 64.0. The first-order valence-corrected chi connectivity index (χ1v) is 9.42. The lowest BCUT2D eigenvalue weighted by Crippen LogP contribution is -2.46. The van der Waals surface area contributed by atoms with Gasteiger partial charge in [0.1, 0.15) is 24.0 Å². The molecule has 3 atom stereocenters. The number of aromatic amines is 1. The highest BCUT2D eigenvalue weighted by Gasteiger charge is 2.48. The van der Waals surface area contributed by atoms with Gasteiger partial charge in [-0.15, -0.1) is 0 Å². The Labute approximate surface area is 174 Å². The molecule has 1 N–H and O–H groups in total. The van der Waals surface area contributed by atoms with Crippen molar-refractivity contribution in [1.82, 2.24) is 14.5 Å². The summed E-state index contributed by atoms with van der Waals surface area (Å²) in [7, 11) is 0. The van der Waals surface area contributed by atoms with Crippen molar-refractivity contribution in [3.8, 4) is 0 Å². The van der Waals surface area contributed by atoms with Crippen molar-refractivity contribution in [1.29, 1.82) is 0 Å². The minimum Gasteiger partial charge on any atom is -0.463 e. The molecule has 2 amide bonds. The van der Waals surface area contributed by atoms with Gasteiger partial charge in [0.15, 0.2) is 0 Å². The Morgan fingerprint density at radius 1 is 1.20 bits per heavy atom. The van der Waals surface area contributed by atoms with Crippen LogP contribution in [0, 0.1) is 0 Å². The Bertz CT molecular complexity index is 1140. The fourth-order valence-corrected chi connectivity index (χ4v) is 3.84. The number of hydrogen-bond acceptors (Lipinski definition) is 7. The SMILES string of the molecule is CC(=O)OC[C@@H]1O[C@H](n2cc(Cl)c(=O)[nH]c2=O)C[C@H]1N1C(=O)c2ccccc2C1=O. The highest BCUT2D eigenvalue weighted by atomic mass is 35.5. The summed E-state index contributed by atoms with van der Waals surface area (Å²) in [6.07, 6.45) is -0.652. The van der Waals surface area contributed by atoms with E-state index in [9.17, 15) is 24.0 Å². The molecular weight excluding hydrogens is 418 g/mol. The van der Waals surface area contributed by atoms with Crippen LogP contribution in [0.5, 0.6) is 0 Å². The number of halogens is 1. The average molecular weight is 434 g/mol. The molecule has 0 saturated carbocycles. The molecule has 10 nitrogen and oxygen atoms in total. The third-order valence-electron chi connectivity index (χ3n) is 5.05. The Balaban J connectivity index is 1.69. The first-order valence-electron chi connectivity index (χ1n) is 9.04. The lowest BCUT2D eigenvalue weighted by atomic mass is 10.1. The number of carbonyl (C=O) groups excluding carboxylic acids is 3. The molecule has 156 valence electrons. The van der Waals surface area contributed by atoms with Crippen molar-refractivity contribution in [3.05, 3.63) is 67.4 Å². The fraction of sp³-hybridized carbons (Fsp3) is 0.316. The zero-order chi connectivity index (χ0) is 21.6. The largest absolute Gasteiger partial charge is 0.463 e. The number of amides is 2. The summed E-state index contributed by atoms with van der Waals surface area (Å²) in [5.41, 5.74) is -0.976. The van der Waals surface area contributed by atoms with Crippen molar-refractivity contribution >= 4 is 29.4 Å². The predicted octanol–water partition coefficient (Wildman–Crippen LogP) is 0.705. The lowest BCUT2D eigenvalue weighted by molar-refractivity contribution is -0.146. The quantitative estimate of drug-likeness (QED) is 0.555. The van der Waals surface area contributed by atoms with Crippen molar-refractivity contribution in [2.75, 3.05) is 6.61 Å². The van der Waals surface area contributed by atoms with Crippen molar-refractivity contribution < 1.29 is 23.9 Å². The van der Waals surface area contributed by atoms with Crippen molar-refractivity contribution in [2.45, 2.75) is 31.7 Å². The maximum Gasteiger partial charge on any atom is 0.330 e. The first kappa shape index (κ1) is 20.0. The highest BCUT2D eigenvalue weighted by molar-refractivity contribution is 6.30. The van der Waals surface area contributed by atoms with E-state index in [0.717, 1.165) is 15.7 Å². The molecule has 0 bridgehead atoms. The monoisotopic (exact) mass is 433 g/mol. The number of nitrogens with zero attached hydrogens (tertiary/aromatic N) is 2. The molecule has 1 aromatic heterocycles. The summed E-state index contributed by atoms with van der Waals surface area (Å²) < 4.78 is 12.0. The molecule has 0 radical (unpaired) electrons. The molecule has 4 rings (SSSR count). The number of rotatable bonds is 4. The van der Waals surface area contributed by atoms with E-state index in [1.54, 1.807) is 24.3 Å². The van der Waals surface area contributed by atoms with Gasteiger partial charge < -0.3 is 9.47 Å². The molecule has 3 heterocycles. The second kappa shape index (κ2) is 7.54. The number of carbonyl (C=O) groups is 3. The van der Waals surface area contributed by atoms with Gasteiger partial charge >= 0.3 is 11.7 Å². The molecule has 1 saturated heterocycles. The molecular formula is C19H16ClN3O7. The van der Waals surface area contributed by atoms with Gasteiger partial charge in [0, 0.05) is 19.5 Å². The van der Waals surface area contributed by atoms with Gasteiger partial charge in [-0.1, -0.05) is 23.7 Å². The molecule has 11 heteroatoms. The predicted molar refractivity (Wildman–Crippen MR) is 102 cm³/mol. The summed E-state index contributed by atoms with van der Waals surface area (Å²) in [5.74, 6) is -1.55. The number of hydrogen-bond donors (Lipinski definition) is 1. The van der Waals surface area contributed by atoms with Crippen LogP contribution in [0.1, 0.15) is 40.3 Å². The van der Waals surface area contributed by atoms with E-state index in [-0.39, 0.29) is 29.2 Å². The molecule has 30 heavy (non-hydrogen) atoms. The molecule has 1 aromatic carbocycles. The summed E-state index contributed by atoms with van der Waals surface area (Å²) >= 11 is 5.83. The first-order chi connectivity index (χ1) is 14.3. The molecule has 2 aliphatic rings. The Kier molecular flexibility index (Phi) is 5.04. The number of esters is 1. The smallest absolute Gasteiger partial charge is 0.330 e. The van der Waals surface area contributed by atoms with Crippen LogP contribution >= 0.6 is 11.6 Å². The van der Waals surface area contributed by atoms with Gasteiger partial charge in [0.05, 0.1) is 17.2 Å². The summed E-state index contributed by atoms with van der Waals surface area (Å²) in [5, 5.41) is -0.223. The van der Waals surface area contributed by atoms with Crippen LogP contribution in [0.3, 0.4) is 0 Å². The standard InChI is InChI=1S/C19H16ClN3O7/c1-9(24)29-8-14-13(23-17(26)10-4-2-3-5-11(10)18(23)27)6-15(30-14)22-7-12(20)16(25)21-19(22)28/h2-5,7,13-15H,6,8H2,1H3,(H,21,25,28)/t13-,14+,15+/m1/s1. The van der Waals surface area contributed by atoms with Crippen LogP contribution in [0.4, 0.5) is 0 Å². The van der Waals surface area contributed by atoms with Crippen LogP contribution in [-0.2, 0) is 14.3 Å². The van der Waals surface area contributed by atoms with E-state index in [1.807, 2.05) is 0 Å². The minimum atomic E-state index is -0.943. The van der Waals surface area contributed by atoms with Gasteiger partial charge in [-0.25, -0.2) is 4.79 Å². The Morgan fingerprint density at radius 3 is 2.43 bits per heavy atom. The van der Waals surface area contributed by atoms with Crippen LogP contribution < -0.4 is 11.2 Å². The van der Waals surface area contributed by atoms with Crippen molar-refractivity contribution in [3.63, 3.8) is 0 Å². The van der Waals surface area contributed by atoms with E-state index in [2.05, 4.69) is 4.98 Å². The molecule has 1 fully saturated rings. The normalized spacial score (nSPS) is 23.0. The van der Waals surface area contributed by atoms with Crippen LogP contribution in [0.25, 0.3) is 0 Å². The lowest BCUT2D eigenvalue weighted by Gasteiger charge is -2.25. The van der Waals surface area contributed by atoms with Crippen LogP contribution in [0.2, 0.25) is 5.02 Å². The molecule has 0 spiro atoms. The molecule has 2 aliphatic heterocycles. The van der Waals surface area contributed by atoms with Gasteiger partial charge in [-0.3, -0.25) is 33.6 Å². The van der Waals surface area contributed by atoms with E-state index in [4.69, 9.17) is 21.1 Å². The average Bonchev–Trinajstić information content (AvgIpc) is 3.22. The number of nitrogens with one attached hydrogen (secondary N) is 1. The van der Waals surface area contributed by atoms with E-state index in [0.29, 0.717) is 0 Å². The topological polar surface area (TPSA) is 128 Å². The van der Waals surface area contributed by atoms with Gasteiger partial charge in [-0.2, -0.15) is 0 Å². The van der Waals surface area contributed by atoms with E-state index >= 15 is 0 Å². The number of fused-ring (bicyclic) bond motifs is 1. The molecule has 0 unspecified atom stereocenters. The minimum absolute atomic E-state index is 0.0413. The second-order valence-corrected chi connectivity index (χ2v) is 7.31. The number of H-pyrrole nitrogens is 1. The highest BCUT2D eigenvalue weighted by Crippen LogP contribution is 2.36.